The van der Waals surface area contributed by atoms with Crippen LogP contribution in [0.25, 0.3) is 0 Å². The Morgan fingerprint density at radius 1 is 1.24 bits per heavy atom. The van der Waals surface area contributed by atoms with Crippen molar-refractivity contribution in [2.24, 2.45) is 0 Å². The maximum absolute atomic E-state index is 12.3. The van der Waals surface area contributed by atoms with Crippen molar-refractivity contribution < 1.29 is 31.9 Å². The molecule has 0 aliphatic carbocycles. The first-order valence-corrected chi connectivity index (χ1v) is 7.32. The summed E-state index contributed by atoms with van der Waals surface area (Å²) in [6, 6.07) is 3.34. The summed E-state index contributed by atoms with van der Waals surface area (Å²) in [5.41, 5.74) is 0.373. The van der Waals surface area contributed by atoms with Crippen molar-refractivity contribution in [1.29, 1.82) is 0 Å². The maximum atomic E-state index is 12.3. The Balaban J connectivity index is 2.76. The predicted molar refractivity (Wildman–Crippen MR) is 68.6 cm³/mol. The molecule has 0 aromatic heterocycles. The van der Waals surface area contributed by atoms with Crippen molar-refractivity contribution in [2.45, 2.75) is 30.0 Å². The van der Waals surface area contributed by atoms with Gasteiger partial charge in [-0.1, -0.05) is 12.1 Å². The first-order valence-electron chi connectivity index (χ1n) is 5.77. The molecule has 9 heteroatoms. The lowest BCUT2D eigenvalue weighted by Gasteiger charge is -2.09. The Labute approximate surface area is 119 Å². The van der Waals surface area contributed by atoms with Gasteiger partial charge in [-0.3, -0.25) is 9.59 Å². The number of carbonyl (C=O) groups is 2. The minimum atomic E-state index is -4.66. The summed E-state index contributed by atoms with van der Waals surface area (Å²) in [5, 5.41) is 10.8. The van der Waals surface area contributed by atoms with E-state index in [1.165, 1.54) is 19.1 Å². The molecule has 116 valence electrons. The lowest BCUT2D eigenvalue weighted by molar-refractivity contribution is -0.141. The molecule has 6 nitrogen and oxygen atoms in total. The molecule has 0 saturated heterocycles. The molecule has 21 heavy (non-hydrogen) atoms. The van der Waals surface area contributed by atoms with Crippen LogP contribution in [0.3, 0.4) is 0 Å². The van der Waals surface area contributed by atoms with E-state index < -0.39 is 38.4 Å². The van der Waals surface area contributed by atoms with E-state index in [9.17, 15) is 26.8 Å². The number of hydrogen-bond donors (Lipinski definition) is 2. The largest absolute Gasteiger partial charge is 0.480 e. The first-order chi connectivity index (χ1) is 9.64. The number of alkyl halides is 2. The Bertz CT molecular complexity index is 628. The number of sulfone groups is 1. The van der Waals surface area contributed by atoms with E-state index in [0.29, 0.717) is 5.56 Å². The molecule has 0 unspecified atom stereocenters. The molecule has 1 aromatic carbocycles. The molecule has 0 saturated carbocycles. The van der Waals surface area contributed by atoms with Gasteiger partial charge in [0.05, 0.1) is 11.3 Å². The third-order valence-corrected chi connectivity index (χ3v) is 4.00. The van der Waals surface area contributed by atoms with E-state index >= 15 is 0 Å². The fourth-order valence-corrected chi connectivity index (χ4v) is 2.16. The monoisotopic (exact) mass is 321 g/mol. The number of carboxylic acid groups (broad SMARTS) is 1. The number of carboxylic acids is 1. The normalized spacial score (nSPS) is 13.0. The van der Waals surface area contributed by atoms with Gasteiger partial charge in [0.15, 0.2) is 0 Å². The van der Waals surface area contributed by atoms with E-state index in [2.05, 4.69) is 5.32 Å². The second kappa shape index (κ2) is 6.61. The zero-order valence-corrected chi connectivity index (χ0v) is 11.7. The summed E-state index contributed by atoms with van der Waals surface area (Å²) < 4.78 is 47.0. The van der Waals surface area contributed by atoms with Gasteiger partial charge in [-0.05, 0) is 24.6 Å². The van der Waals surface area contributed by atoms with Crippen LogP contribution < -0.4 is 5.32 Å². The second-order valence-electron chi connectivity index (χ2n) is 4.25. The Morgan fingerprint density at radius 2 is 1.76 bits per heavy atom. The molecule has 2 N–H and O–H groups in total. The lowest BCUT2D eigenvalue weighted by Crippen LogP contribution is -2.39. The Hall–Kier alpha value is -2.03. The van der Waals surface area contributed by atoms with Gasteiger partial charge < -0.3 is 10.4 Å². The third kappa shape index (κ3) is 4.48. The van der Waals surface area contributed by atoms with E-state index in [1.54, 1.807) is 0 Å². The average molecular weight is 321 g/mol. The summed E-state index contributed by atoms with van der Waals surface area (Å²) >= 11 is 0. The quantitative estimate of drug-likeness (QED) is 0.808. The minimum absolute atomic E-state index is 0.188. The fraction of sp³-hybridized carbons (Fsp3) is 0.333. The number of benzene rings is 1. The molecule has 0 heterocycles. The van der Waals surface area contributed by atoms with Crippen molar-refractivity contribution in [3.05, 3.63) is 29.8 Å². The topological polar surface area (TPSA) is 101 Å². The highest BCUT2D eigenvalue weighted by Gasteiger charge is 2.26. The van der Waals surface area contributed by atoms with E-state index in [-0.39, 0.29) is 6.42 Å². The van der Waals surface area contributed by atoms with Gasteiger partial charge >= 0.3 is 11.7 Å². The number of halogens is 2. The summed E-state index contributed by atoms with van der Waals surface area (Å²) in [4.78, 5) is 21.5. The van der Waals surface area contributed by atoms with Crippen LogP contribution in [0.15, 0.2) is 29.2 Å². The number of rotatable bonds is 6. The molecule has 1 amide bonds. The van der Waals surface area contributed by atoms with Gasteiger partial charge in [0, 0.05) is 0 Å². The highest BCUT2D eigenvalue weighted by Crippen LogP contribution is 2.18. The van der Waals surface area contributed by atoms with Crippen LogP contribution in [0.1, 0.15) is 12.5 Å². The molecule has 1 atom stereocenters. The number of carbonyl (C=O) groups excluding carboxylic acids is 1. The molecular weight excluding hydrogens is 308 g/mol. The number of nitrogens with one attached hydrogen (secondary N) is 1. The van der Waals surface area contributed by atoms with Gasteiger partial charge in [0.2, 0.25) is 15.7 Å². The molecule has 0 spiro atoms. The van der Waals surface area contributed by atoms with Gasteiger partial charge in [-0.15, -0.1) is 0 Å². The highest BCUT2D eigenvalue weighted by molar-refractivity contribution is 7.91. The predicted octanol–water partition coefficient (Wildman–Crippen LogP) is 0.815. The van der Waals surface area contributed by atoms with Crippen molar-refractivity contribution in [2.75, 3.05) is 0 Å². The van der Waals surface area contributed by atoms with Crippen molar-refractivity contribution in [3.8, 4) is 0 Å². The van der Waals surface area contributed by atoms with Crippen LogP contribution in [0.5, 0.6) is 0 Å². The van der Waals surface area contributed by atoms with Crippen LogP contribution in [0.2, 0.25) is 0 Å². The van der Waals surface area contributed by atoms with Gasteiger partial charge in [0.1, 0.15) is 6.04 Å². The molecule has 1 rings (SSSR count). The lowest BCUT2D eigenvalue weighted by atomic mass is 10.1. The standard InChI is InChI=1S/C12H13F2NO5S/c1-7(11(17)18)15-10(16)6-8-2-4-9(5-3-8)21(19,20)12(13)14/h2-5,7,12H,6H2,1H3,(H,15,16)(H,17,18)/t7-/m1/s1. The number of hydrogen-bond acceptors (Lipinski definition) is 4. The number of aliphatic carboxylic acids is 1. The molecule has 0 aliphatic heterocycles. The Morgan fingerprint density at radius 3 is 2.19 bits per heavy atom. The van der Waals surface area contributed by atoms with Crippen LogP contribution in [-0.2, 0) is 25.8 Å². The van der Waals surface area contributed by atoms with Crippen LogP contribution in [-0.4, -0.2) is 37.2 Å². The van der Waals surface area contributed by atoms with E-state index in [0.717, 1.165) is 12.1 Å². The number of amides is 1. The summed E-state index contributed by atoms with van der Waals surface area (Å²) in [6.07, 6.45) is -0.188. The molecule has 1 aromatic rings. The maximum Gasteiger partial charge on any atom is 0.341 e. The zero-order valence-electron chi connectivity index (χ0n) is 10.9. The van der Waals surface area contributed by atoms with Crippen molar-refractivity contribution >= 4 is 21.7 Å². The summed E-state index contributed by atoms with van der Waals surface area (Å²) in [6.45, 7) is 1.29. The highest BCUT2D eigenvalue weighted by atomic mass is 32.2. The van der Waals surface area contributed by atoms with Crippen molar-refractivity contribution in [1.82, 2.24) is 5.32 Å². The second-order valence-corrected chi connectivity index (χ2v) is 6.17. The van der Waals surface area contributed by atoms with Crippen LogP contribution >= 0.6 is 0 Å². The van der Waals surface area contributed by atoms with Crippen LogP contribution in [0, 0.1) is 0 Å². The van der Waals surface area contributed by atoms with Gasteiger partial charge in [0.25, 0.3) is 0 Å². The van der Waals surface area contributed by atoms with Gasteiger partial charge in [-0.2, -0.15) is 8.78 Å². The zero-order chi connectivity index (χ0) is 16.2. The minimum Gasteiger partial charge on any atom is -0.480 e. The smallest absolute Gasteiger partial charge is 0.341 e. The molecular formula is C12H13F2NO5S. The molecule has 0 aliphatic rings. The average Bonchev–Trinajstić information content (AvgIpc) is 2.38. The molecule has 0 radical (unpaired) electrons. The summed E-state index contributed by atoms with van der Waals surface area (Å²) in [5.74, 6) is -5.28. The van der Waals surface area contributed by atoms with Crippen molar-refractivity contribution in [3.63, 3.8) is 0 Å². The fourth-order valence-electron chi connectivity index (χ4n) is 1.44. The molecule has 0 fully saturated rings. The van der Waals surface area contributed by atoms with Crippen LogP contribution in [0.4, 0.5) is 8.78 Å². The van der Waals surface area contributed by atoms with E-state index in [4.69, 9.17) is 5.11 Å². The third-order valence-electron chi connectivity index (χ3n) is 2.60. The van der Waals surface area contributed by atoms with Gasteiger partial charge in [-0.25, -0.2) is 8.42 Å². The first kappa shape index (κ1) is 17.0. The Kier molecular flexibility index (Phi) is 5.36. The van der Waals surface area contributed by atoms with E-state index in [1.807, 2.05) is 0 Å². The SMILES string of the molecule is C[C@@H](NC(=O)Cc1ccc(S(=O)(=O)C(F)F)cc1)C(=O)O. The summed E-state index contributed by atoms with van der Waals surface area (Å²) in [7, 11) is -4.66. The molecule has 0 bridgehead atoms.